The van der Waals surface area contributed by atoms with Crippen LogP contribution in [-0.2, 0) is 11.7 Å². The van der Waals surface area contributed by atoms with Gasteiger partial charge < -0.3 is 9.88 Å². The Morgan fingerprint density at radius 1 is 1.23 bits per heavy atom. The van der Waals surface area contributed by atoms with Gasteiger partial charge in [-0.2, -0.15) is 23.4 Å². The van der Waals surface area contributed by atoms with Crippen molar-refractivity contribution in [2.24, 2.45) is 0 Å². The van der Waals surface area contributed by atoms with Gasteiger partial charge in [0.25, 0.3) is 0 Å². The molecule has 1 atom stereocenters. The highest BCUT2D eigenvalue weighted by atomic mass is 35.5. The Labute approximate surface area is 180 Å². The van der Waals surface area contributed by atoms with Gasteiger partial charge in [0.15, 0.2) is 0 Å². The fraction of sp³-hybridized carbons (Fsp3) is 0.286. The molecule has 2 aromatic carbocycles. The first-order valence-electron chi connectivity index (χ1n) is 9.69. The number of nitrogens with zero attached hydrogens (tertiary/aromatic N) is 5. The number of anilines is 1. The van der Waals surface area contributed by atoms with Crippen LogP contribution in [0.25, 0.3) is 16.7 Å². The van der Waals surface area contributed by atoms with Crippen molar-refractivity contribution in [1.29, 1.82) is 0 Å². The number of hydrogen-bond donors (Lipinski definition) is 1. The van der Waals surface area contributed by atoms with Gasteiger partial charge in [0.1, 0.15) is 11.5 Å². The molecule has 3 heterocycles. The summed E-state index contributed by atoms with van der Waals surface area (Å²) in [6.07, 6.45) is 0.305. The summed E-state index contributed by atoms with van der Waals surface area (Å²) in [5, 5.41) is 8.08. The number of fused-ring (bicyclic) bond motifs is 1. The maximum Gasteiger partial charge on any atom is 0.417 e. The molecule has 5 rings (SSSR count). The summed E-state index contributed by atoms with van der Waals surface area (Å²) in [4.78, 5) is 11.4. The summed E-state index contributed by atoms with van der Waals surface area (Å²) in [5.74, 6) is 0.582. The monoisotopic (exact) mass is 445 g/mol. The molecule has 1 saturated heterocycles. The van der Waals surface area contributed by atoms with Crippen LogP contribution in [0.3, 0.4) is 0 Å². The number of imidazole rings is 1. The standard InChI is InChI=1S/C21H17ClF3N6/c1-20(19-28-15-11-13(21(23,24)25)14(22)12-16(15)29-19)7-4-10-30(20)17-5-2-3-6-18(17)31-26-8-9-27-31/h2-3,5,8-9,11-12H,4,7,10H2,1H3,(H,28,29)/t20-/m0/s1. The van der Waals surface area contributed by atoms with Crippen LogP contribution in [0.4, 0.5) is 18.9 Å². The third kappa shape index (κ3) is 3.23. The number of aromatic amines is 1. The van der Waals surface area contributed by atoms with Gasteiger partial charge in [0.2, 0.25) is 0 Å². The summed E-state index contributed by atoms with van der Waals surface area (Å²) < 4.78 is 39.8. The van der Waals surface area contributed by atoms with Gasteiger partial charge in [-0.15, -0.1) is 4.80 Å². The van der Waals surface area contributed by atoms with E-state index >= 15 is 0 Å². The molecule has 0 spiro atoms. The minimum atomic E-state index is -4.54. The van der Waals surface area contributed by atoms with Gasteiger partial charge in [0.05, 0.1) is 45.2 Å². The topological polar surface area (TPSA) is 62.6 Å². The second-order valence-electron chi connectivity index (χ2n) is 7.68. The van der Waals surface area contributed by atoms with E-state index in [1.165, 1.54) is 10.9 Å². The first-order chi connectivity index (χ1) is 14.8. The van der Waals surface area contributed by atoms with Crippen molar-refractivity contribution in [2.75, 3.05) is 11.4 Å². The molecular formula is C21H17ClF3N6. The molecule has 2 aromatic heterocycles. The number of halogens is 4. The zero-order valence-corrected chi connectivity index (χ0v) is 17.2. The maximum absolute atomic E-state index is 13.3. The molecule has 31 heavy (non-hydrogen) atoms. The zero-order valence-electron chi connectivity index (χ0n) is 16.4. The summed E-state index contributed by atoms with van der Waals surface area (Å²) in [5.41, 5.74) is 0.800. The number of hydrogen-bond acceptors (Lipinski definition) is 4. The molecule has 159 valence electrons. The van der Waals surface area contributed by atoms with E-state index < -0.39 is 17.3 Å². The van der Waals surface area contributed by atoms with E-state index in [0.717, 1.165) is 31.1 Å². The second kappa shape index (κ2) is 6.98. The maximum atomic E-state index is 13.3. The molecule has 0 saturated carbocycles. The summed E-state index contributed by atoms with van der Waals surface area (Å²) in [6.45, 7) is 2.77. The number of H-pyrrole nitrogens is 1. The number of aromatic nitrogens is 5. The molecule has 10 heteroatoms. The van der Waals surface area contributed by atoms with Crippen molar-refractivity contribution in [3.05, 3.63) is 65.2 Å². The van der Waals surface area contributed by atoms with Crippen molar-refractivity contribution in [1.82, 2.24) is 25.0 Å². The first-order valence-corrected chi connectivity index (χ1v) is 10.1. The van der Waals surface area contributed by atoms with Crippen LogP contribution in [0.15, 0.2) is 42.7 Å². The summed E-state index contributed by atoms with van der Waals surface area (Å²) in [6, 6.07) is 11.1. The van der Waals surface area contributed by atoms with Crippen molar-refractivity contribution in [3.8, 4) is 5.69 Å². The summed E-state index contributed by atoms with van der Waals surface area (Å²) in [7, 11) is 0. The number of nitrogens with one attached hydrogen (secondary N) is 1. The lowest BCUT2D eigenvalue weighted by atomic mass is 9.97. The highest BCUT2D eigenvalue weighted by Crippen LogP contribution is 2.43. The van der Waals surface area contributed by atoms with E-state index in [2.05, 4.69) is 31.1 Å². The van der Waals surface area contributed by atoms with E-state index in [1.54, 1.807) is 18.5 Å². The van der Waals surface area contributed by atoms with Crippen LogP contribution in [-0.4, -0.2) is 31.5 Å². The normalized spacial score (nSPS) is 19.5. The molecule has 0 unspecified atom stereocenters. The lowest BCUT2D eigenvalue weighted by Crippen LogP contribution is -2.40. The molecule has 1 aliphatic rings. The third-order valence-corrected chi connectivity index (χ3v) is 6.06. The van der Waals surface area contributed by atoms with Gasteiger partial charge in [0, 0.05) is 12.6 Å². The van der Waals surface area contributed by atoms with Crippen LogP contribution in [0.2, 0.25) is 5.02 Å². The number of alkyl halides is 3. The Morgan fingerprint density at radius 2 is 2.00 bits per heavy atom. The smallest absolute Gasteiger partial charge is 0.357 e. The molecule has 6 nitrogen and oxygen atoms in total. The van der Waals surface area contributed by atoms with Crippen LogP contribution in [0.5, 0.6) is 0 Å². The SMILES string of the molecule is C[C@@]1(c2nc3cc(C(F)(F)F)c(Cl)cc3[nH]2)CCCN1c1ccc[c]c1-n1nccn1. The molecule has 1 aliphatic heterocycles. The molecule has 1 radical (unpaired) electrons. The van der Waals surface area contributed by atoms with Gasteiger partial charge in [-0.1, -0.05) is 23.7 Å². The van der Waals surface area contributed by atoms with Gasteiger partial charge in [-0.25, -0.2) is 4.98 Å². The fourth-order valence-corrected chi connectivity index (χ4v) is 4.50. The lowest BCUT2D eigenvalue weighted by molar-refractivity contribution is -0.137. The largest absolute Gasteiger partial charge is 0.417 e. The fourth-order valence-electron chi connectivity index (χ4n) is 4.23. The Morgan fingerprint density at radius 3 is 2.74 bits per heavy atom. The zero-order chi connectivity index (χ0) is 21.8. The number of rotatable bonds is 3. The molecule has 1 N–H and O–H groups in total. The van der Waals surface area contributed by atoms with Gasteiger partial charge in [-0.05, 0) is 38.0 Å². The van der Waals surface area contributed by atoms with Gasteiger partial charge >= 0.3 is 6.18 Å². The van der Waals surface area contributed by atoms with Crippen LogP contribution < -0.4 is 4.90 Å². The first kappa shape index (κ1) is 19.9. The van der Waals surface area contributed by atoms with E-state index in [4.69, 9.17) is 11.6 Å². The highest BCUT2D eigenvalue weighted by molar-refractivity contribution is 6.32. The average Bonchev–Trinajstić information content (AvgIpc) is 3.46. The third-order valence-electron chi connectivity index (χ3n) is 5.75. The molecule has 0 bridgehead atoms. The van der Waals surface area contributed by atoms with Crippen molar-refractivity contribution in [3.63, 3.8) is 0 Å². The van der Waals surface area contributed by atoms with Crippen molar-refractivity contribution >= 4 is 28.3 Å². The Bertz CT molecular complexity index is 1250. The lowest BCUT2D eigenvalue weighted by Gasteiger charge is -2.36. The minimum absolute atomic E-state index is 0.230. The predicted octanol–water partition coefficient (Wildman–Crippen LogP) is 5.13. The average molecular weight is 446 g/mol. The van der Waals surface area contributed by atoms with E-state index in [9.17, 15) is 13.2 Å². The Balaban J connectivity index is 1.61. The van der Waals surface area contributed by atoms with Crippen molar-refractivity contribution in [2.45, 2.75) is 31.5 Å². The van der Waals surface area contributed by atoms with Crippen LogP contribution in [0, 0.1) is 6.07 Å². The molecule has 1 fully saturated rings. The number of benzene rings is 2. The Kier molecular flexibility index (Phi) is 4.47. The quantitative estimate of drug-likeness (QED) is 0.475. The van der Waals surface area contributed by atoms with Crippen LogP contribution >= 0.6 is 11.6 Å². The van der Waals surface area contributed by atoms with E-state index in [-0.39, 0.29) is 10.5 Å². The molecular weight excluding hydrogens is 429 g/mol. The second-order valence-corrected chi connectivity index (χ2v) is 8.09. The Hall–Kier alpha value is -3.07. The van der Waals surface area contributed by atoms with Gasteiger partial charge in [-0.3, -0.25) is 0 Å². The predicted molar refractivity (Wildman–Crippen MR) is 110 cm³/mol. The van der Waals surface area contributed by atoms with E-state index in [0.29, 0.717) is 17.0 Å². The highest BCUT2D eigenvalue weighted by Gasteiger charge is 2.42. The molecule has 0 amide bonds. The van der Waals surface area contributed by atoms with Crippen molar-refractivity contribution < 1.29 is 13.2 Å². The van der Waals surface area contributed by atoms with E-state index in [1.807, 2.05) is 19.1 Å². The minimum Gasteiger partial charge on any atom is -0.357 e. The number of para-hydroxylation sites is 1. The molecule has 0 aliphatic carbocycles. The van der Waals surface area contributed by atoms with Crippen LogP contribution in [0.1, 0.15) is 31.2 Å². The summed E-state index contributed by atoms with van der Waals surface area (Å²) >= 11 is 5.89. The molecule has 4 aromatic rings.